The van der Waals surface area contributed by atoms with Crippen molar-refractivity contribution in [2.75, 3.05) is 13.1 Å². The van der Waals surface area contributed by atoms with E-state index in [9.17, 15) is 4.79 Å². The smallest absolute Gasteiger partial charge is 0.226 e. The molecule has 32 heavy (non-hydrogen) atoms. The molecule has 0 bridgehead atoms. The maximum absolute atomic E-state index is 12.7. The average molecular weight is 473 g/mol. The van der Waals surface area contributed by atoms with Crippen molar-refractivity contribution in [3.8, 4) is 11.4 Å². The standard InChI is InChI=1S/C24H29ClN4O2S/c1-24(2,3)19-15-32-23(26-19)17-11-13-29(14-12-17)21(30)6-4-5-20-27-22(28-31-20)16-7-9-18(25)10-8-16/h7-10,15,17H,4-6,11-14H2,1-3H3. The number of hydrogen-bond donors (Lipinski definition) is 0. The van der Waals surface area contributed by atoms with E-state index in [-0.39, 0.29) is 11.3 Å². The molecule has 0 radical (unpaired) electrons. The Hall–Kier alpha value is -2.25. The normalized spacial score (nSPS) is 15.3. The zero-order valence-corrected chi connectivity index (χ0v) is 20.4. The number of nitrogens with zero attached hydrogens (tertiary/aromatic N) is 4. The number of aromatic nitrogens is 3. The van der Waals surface area contributed by atoms with Crippen LogP contribution in [-0.4, -0.2) is 39.0 Å². The van der Waals surface area contributed by atoms with Crippen molar-refractivity contribution in [2.24, 2.45) is 0 Å². The molecule has 1 aliphatic rings. The van der Waals surface area contributed by atoms with Gasteiger partial charge >= 0.3 is 0 Å². The summed E-state index contributed by atoms with van der Waals surface area (Å²) in [6.45, 7) is 8.18. The fourth-order valence-corrected chi connectivity index (χ4v) is 5.16. The summed E-state index contributed by atoms with van der Waals surface area (Å²) >= 11 is 7.68. The van der Waals surface area contributed by atoms with Gasteiger partial charge in [0.05, 0.1) is 10.7 Å². The van der Waals surface area contributed by atoms with Crippen LogP contribution in [0.15, 0.2) is 34.2 Å². The topological polar surface area (TPSA) is 72.1 Å². The molecular formula is C24H29ClN4O2S. The van der Waals surface area contributed by atoms with Gasteiger partial charge in [0.25, 0.3) is 0 Å². The number of aryl methyl sites for hydroxylation is 1. The van der Waals surface area contributed by atoms with E-state index in [1.54, 1.807) is 23.5 Å². The van der Waals surface area contributed by atoms with Crippen molar-refractivity contribution in [1.82, 2.24) is 20.0 Å². The second-order valence-electron chi connectivity index (χ2n) is 9.35. The molecule has 1 fully saturated rings. The number of likely N-dealkylation sites (tertiary alicyclic amines) is 1. The number of benzene rings is 1. The Morgan fingerprint density at radius 3 is 2.56 bits per heavy atom. The van der Waals surface area contributed by atoms with E-state index in [2.05, 4.69) is 36.3 Å². The number of thiazole rings is 1. The second kappa shape index (κ2) is 9.71. The Balaban J connectivity index is 1.22. The van der Waals surface area contributed by atoms with E-state index in [0.29, 0.717) is 41.9 Å². The van der Waals surface area contributed by atoms with Crippen LogP contribution in [0, 0.1) is 0 Å². The minimum Gasteiger partial charge on any atom is -0.343 e. The molecule has 0 atom stereocenters. The molecule has 6 nitrogen and oxygen atoms in total. The first kappa shape index (κ1) is 22.9. The van der Waals surface area contributed by atoms with Crippen LogP contribution in [0.25, 0.3) is 11.4 Å². The summed E-state index contributed by atoms with van der Waals surface area (Å²) < 4.78 is 5.34. The average Bonchev–Trinajstić information content (AvgIpc) is 3.44. The zero-order valence-electron chi connectivity index (χ0n) is 18.8. The minimum atomic E-state index is 0.0827. The van der Waals surface area contributed by atoms with Crippen molar-refractivity contribution in [1.29, 1.82) is 0 Å². The van der Waals surface area contributed by atoms with Gasteiger partial charge in [-0.05, 0) is 43.5 Å². The molecule has 8 heteroatoms. The predicted octanol–water partition coefficient (Wildman–Crippen LogP) is 5.87. The third kappa shape index (κ3) is 5.56. The Kier molecular flexibility index (Phi) is 6.96. The highest BCUT2D eigenvalue weighted by molar-refractivity contribution is 7.09. The monoisotopic (exact) mass is 472 g/mol. The molecule has 1 saturated heterocycles. The molecule has 2 aromatic heterocycles. The molecule has 4 rings (SSSR count). The summed E-state index contributed by atoms with van der Waals surface area (Å²) in [5.41, 5.74) is 2.11. The zero-order chi connectivity index (χ0) is 22.7. The first-order valence-electron chi connectivity index (χ1n) is 11.1. The van der Waals surface area contributed by atoms with Crippen LogP contribution in [-0.2, 0) is 16.6 Å². The number of rotatable bonds is 6. The minimum absolute atomic E-state index is 0.0827. The van der Waals surface area contributed by atoms with Gasteiger partial charge in [0.2, 0.25) is 17.6 Å². The molecule has 1 aliphatic heterocycles. The number of hydrogen-bond acceptors (Lipinski definition) is 6. The van der Waals surface area contributed by atoms with Gasteiger partial charge in [0.15, 0.2) is 0 Å². The molecule has 3 heterocycles. The van der Waals surface area contributed by atoms with Crippen LogP contribution in [0.5, 0.6) is 0 Å². The van der Waals surface area contributed by atoms with Gasteiger partial charge in [-0.1, -0.05) is 37.5 Å². The highest BCUT2D eigenvalue weighted by atomic mass is 35.5. The number of amides is 1. The van der Waals surface area contributed by atoms with Crippen LogP contribution in [0.3, 0.4) is 0 Å². The molecule has 0 unspecified atom stereocenters. The lowest BCUT2D eigenvalue weighted by atomic mass is 9.93. The van der Waals surface area contributed by atoms with E-state index >= 15 is 0 Å². The van der Waals surface area contributed by atoms with Crippen molar-refractivity contribution < 1.29 is 9.32 Å². The van der Waals surface area contributed by atoms with Crippen LogP contribution >= 0.6 is 22.9 Å². The molecular weight excluding hydrogens is 444 g/mol. The molecule has 1 aromatic carbocycles. The van der Waals surface area contributed by atoms with Crippen molar-refractivity contribution in [2.45, 2.75) is 64.2 Å². The third-order valence-electron chi connectivity index (χ3n) is 5.84. The van der Waals surface area contributed by atoms with E-state index in [1.165, 1.54) is 5.01 Å². The van der Waals surface area contributed by atoms with E-state index in [0.717, 1.165) is 37.2 Å². The van der Waals surface area contributed by atoms with E-state index in [4.69, 9.17) is 21.1 Å². The summed E-state index contributed by atoms with van der Waals surface area (Å²) in [5, 5.41) is 8.10. The second-order valence-corrected chi connectivity index (χ2v) is 10.7. The van der Waals surface area contributed by atoms with Crippen LogP contribution < -0.4 is 0 Å². The number of carbonyl (C=O) groups excluding carboxylic acids is 1. The van der Waals surface area contributed by atoms with E-state index in [1.807, 2.05) is 17.0 Å². The van der Waals surface area contributed by atoms with Crippen LogP contribution in [0.4, 0.5) is 0 Å². The van der Waals surface area contributed by atoms with E-state index < -0.39 is 0 Å². The molecule has 0 aliphatic carbocycles. The fraction of sp³-hybridized carbons (Fsp3) is 0.500. The molecule has 0 spiro atoms. The third-order valence-corrected chi connectivity index (χ3v) is 7.10. The molecule has 0 N–H and O–H groups in total. The predicted molar refractivity (Wildman–Crippen MR) is 127 cm³/mol. The molecule has 3 aromatic rings. The lowest BCUT2D eigenvalue weighted by Gasteiger charge is -2.31. The Morgan fingerprint density at radius 2 is 1.91 bits per heavy atom. The Labute approximate surface area is 198 Å². The van der Waals surface area contributed by atoms with Gasteiger partial charge in [0.1, 0.15) is 0 Å². The van der Waals surface area contributed by atoms with Gasteiger partial charge in [-0.2, -0.15) is 4.98 Å². The fourth-order valence-electron chi connectivity index (χ4n) is 3.82. The maximum atomic E-state index is 12.7. The van der Waals surface area contributed by atoms with Gasteiger partial charge < -0.3 is 9.42 Å². The molecule has 170 valence electrons. The SMILES string of the molecule is CC(C)(C)c1csc(C2CCN(C(=O)CCCc3nc(-c4ccc(Cl)cc4)no3)CC2)n1. The van der Waals surface area contributed by atoms with Crippen molar-refractivity contribution in [3.63, 3.8) is 0 Å². The quantitative estimate of drug-likeness (QED) is 0.448. The van der Waals surface area contributed by atoms with Crippen LogP contribution in [0.1, 0.15) is 69.0 Å². The van der Waals surface area contributed by atoms with Gasteiger partial charge in [-0.3, -0.25) is 4.79 Å². The Bertz CT molecular complexity index is 1050. The van der Waals surface area contributed by atoms with Crippen LogP contribution in [0.2, 0.25) is 5.02 Å². The summed E-state index contributed by atoms with van der Waals surface area (Å²) in [7, 11) is 0. The summed E-state index contributed by atoms with van der Waals surface area (Å²) in [6, 6.07) is 7.32. The maximum Gasteiger partial charge on any atom is 0.226 e. The number of carbonyl (C=O) groups is 1. The summed E-state index contributed by atoms with van der Waals surface area (Å²) in [4.78, 5) is 23.9. The first-order valence-corrected chi connectivity index (χ1v) is 12.4. The Morgan fingerprint density at radius 1 is 1.19 bits per heavy atom. The lowest BCUT2D eigenvalue weighted by Crippen LogP contribution is -2.37. The highest BCUT2D eigenvalue weighted by Crippen LogP contribution is 2.33. The molecule has 0 saturated carbocycles. The van der Waals surface area contributed by atoms with Gasteiger partial charge in [-0.15, -0.1) is 11.3 Å². The van der Waals surface area contributed by atoms with Gasteiger partial charge in [0, 0.05) is 53.2 Å². The van der Waals surface area contributed by atoms with Crippen molar-refractivity contribution >= 4 is 28.8 Å². The summed E-state index contributed by atoms with van der Waals surface area (Å²) in [5.74, 6) is 1.77. The molecule has 1 amide bonds. The first-order chi connectivity index (χ1) is 15.3. The largest absolute Gasteiger partial charge is 0.343 e. The lowest BCUT2D eigenvalue weighted by molar-refractivity contribution is -0.132. The summed E-state index contributed by atoms with van der Waals surface area (Å²) in [6.07, 6.45) is 3.75. The number of piperidine rings is 1. The number of halogens is 1. The van der Waals surface area contributed by atoms with Crippen molar-refractivity contribution in [3.05, 3.63) is 51.3 Å². The highest BCUT2D eigenvalue weighted by Gasteiger charge is 2.27. The van der Waals surface area contributed by atoms with Gasteiger partial charge in [-0.25, -0.2) is 4.98 Å².